The van der Waals surface area contributed by atoms with Crippen LogP contribution in [-0.4, -0.2) is 23.6 Å². The van der Waals surface area contributed by atoms with Crippen molar-refractivity contribution in [2.75, 3.05) is 7.05 Å². The fraction of sp³-hybridized carbons (Fsp3) is 1.00. The minimum absolute atomic E-state index is 0.148. The van der Waals surface area contributed by atoms with E-state index in [0.29, 0.717) is 5.06 Å². The SMILES string of the molecule is CC(C)[C@@H](F)N(C)O. The Balaban J connectivity index is 3.46. The van der Waals surface area contributed by atoms with Crippen LogP contribution in [0.5, 0.6) is 0 Å². The normalized spacial score (nSPS) is 15.4. The molecule has 0 aliphatic rings. The molecule has 0 saturated carbocycles. The number of nitrogens with zero attached hydrogens (tertiary/aromatic N) is 1. The van der Waals surface area contributed by atoms with Crippen LogP contribution in [0.1, 0.15) is 13.8 Å². The Morgan fingerprint density at radius 2 is 1.88 bits per heavy atom. The monoisotopic (exact) mass is 121 g/mol. The molecular weight excluding hydrogens is 109 g/mol. The third-order valence-corrected chi connectivity index (χ3v) is 0.907. The van der Waals surface area contributed by atoms with Gasteiger partial charge in [0, 0.05) is 13.0 Å². The molecule has 0 aliphatic carbocycles. The number of alkyl halides is 1. The summed E-state index contributed by atoms with van der Waals surface area (Å²) in [4.78, 5) is 0. The van der Waals surface area contributed by atoms with E-state index in [2.05, 4.69) is 0 Å². The third kappa shape index (κ3) is 2.23. The Labute approximate surface area is 48.9 Å². The Hall–Kier alpha value is -0.150. The lowest BCUT2D eigenvalue weighted by Crippen LogP contribution is -2.28. The summed E-state index contributed by atoms with van der Waals surface area (Å²) in [6.45, 7) is 3.41. The lowest BCUT2D eigenvalue weighted by atomic mass is 10.2. The summed E-state index contributed by atoms with van der Waals surface area (Å²) < 4.78 is 12.3. The van der Waals surface area contributed by atoms with Crippen LogP contribution >= 0.6 is 0 Å². The molecule has 1 N–H and O–H groups in total. The molecule has 0 rings (SSSR count). The standard InChI is InChI=1S/C5H12FNO/c1-4(2)5(6)7(3)8/h4-5,8H,1-3H3/t5-/m0/s1. The van der Waals surface area contributed by atoms with Crippen LogP contribution in [0.15, 0.2) is 0 Å². The van der Waals surface area contributed by atoms with Gasteiger partial charge in [-0.15, -0.1) is 0 Å². The maximum absolute atomic E-state index is 12.3. The molecule has 0 amide bonds. The van der Waals surface area contributed by atoms with Gasteiger partial charge in [0.15, 0.2) is 6.30 Å². The van der Waals surface area contributed by atoms with Gasteiger partial charge in [-0.1, -0.05) is 13.8 Å². The van der Waals surface area contributed by atoms with Gasteiger partial charge >= 0.3 is 0 Å². The molecule has 0 unspecified atom stereocenters. The average Bonchev–Trinajstić information content (AvgIpc) is 1.64. The number of hydrogen-bond donors (Lipinski definition) is 1. The zero-order valence-corrected chi connectivity index (χ0v) is 5.43. The molecule has 2 nitrogen and oxygen atoms in total. The molecule has 0 spiro atoms. The highest BCUT2D eigenvalue weighted by atomic mass is 19.1. The van der Waals surface area contributed by atoms with Crippen molar-refractivity contribution in [3.63, 3.8) is 0 Å². The van der Waals surface area contributed by atoms with Crippen molar-refractivity contribution in [2.45, 2.75) is 20.1 Å². The summed E-state index contributed by atoms with van der Waals surface area (Å²) in [5.74, 6) is -0.148. The lowest BCUT2D eigenvalue weighted by Gasteiger charge is -2.16. The van der Waals surface area contributed by atoms with Crippen LogP contribution in [0.3, 0.4) is 0 Å². The van der Waals surface area contributed by atoms with Crippen molar-refractivity contribution in [1.29, 1.82) is 0 Å². The summed E-state index contributed by atoms with van der Waals surface area (Å²) in [6.07, 6.45) is -1.24. The molecule has 0 aromatic rings. The van der Waals surface area contributed by atoms with Crippen LogP contribution in [0.4, 0.5) is 4.39 Å². The van der Waals surface area contributed by atoms with Gasteiger partial charge in [-0.2, -0.15) is 5.06 Å². The van der Waals surface area contributed by atoms with Gasteiger partial charge in [-0.05, 0) is 0 Å². The molecule has 8 heavy (non-hydrogen) atoms. The first-order valence-corrected chi connectivity index (χ1v) is 2.61. The molecule has 1 atom stereocenters. The van der Waals surface area contributed by atoms with E-state index in [-0.39, 0.29) is 5.92 Å². The van der Waals surface area contributed by atoms with E-state index in [0.717, 1.165) is 0 Å². The van der Waals surface area contributed by atoms with E-state index >= 15 is 0 Å². The Morgan fingerprint density at radius 1 is 1.50 bits per heavy atom. The van der Waals surface area contributed by atoms with Crippen molar-refractivity contribution in [2.24, 2.45) is 5.92 Å². The second-order valence-corrected chi connectivity index (χ2v) is 2.19. The van der Waals surface area contributed by atoms with Crippen LogP contribution in [0, 0.1) is 5.92 Å². The summed E-state index contributed by atoms with van der Waals surface area (Å²) in [7, 11) is 1.30. The summed E-state index contributed by atoms with van der Waals surface area (Å²) in [6, 6.07) is 0. The molecule has 0 aliphatic heterocycles. The van der Waals surface area contributed by atoms with Gasteiger partial charge in [0.1, 0.15) is 0 Å². The molecule has 0 saturated heterocycles. The highest BCUT2D eigenvalue weighted by Crippen LogP contribution is 2.06. The van der Waals surface area contributed by atoms with Gasteiger partial charge in [0.2, 0.25) is 0 Å². The summed E-state index contributed by atoms with van der Waals surface area (Å²) in [5.41, 5.74) is 0. The molecule has 0 aromatic carbocycles. The fourth-order valence-electron chi connectivity index (χ4n) is 0.431. The zero-order chi connectivity index (χ0) is 6.73. The first-order chi connectivity index (χ1) is 3.55. The highest BCUT2D eigenvalue weighted by Gasteiger charge is 2.13. The van der Waals surface area contributed by atoms with E-state index in [1.54, 1.807) is 13.8 Å². The van der Waals surface area contributed by atoms with Crippen LogP contribution in [0.2, 0.25) is 0 Å². The van der Waals surface area contributed by atoms with Gasteiger partial charge in [0.25, 0.3) is 0 Å². The topological polar surface area (TPSA) is 23.5 Å². The first kappa shape index (κ1) is 7.85. The predicted octanol–water partition coefficient (Wildman–Crippen LogP) is 1.26. The van der Waals surface area contributed by atoms with Crippen LogP contribution in [0.25, 0.3) is 0 Å². The fourth-order valence-corrected chi connectivity index (χ4v) is 0.431. The molecule has 0 heterocycles. The number of hydrogen-bond acceptors (Lipinski definition) is 2. The van der Waals surface area contributed by atoms with E-state index in [4.69, 9.17) is 5.21 Å². The Kier molecular flexibility index (Phi) is 2.94. The van der Waals surface area contributed by atoms with Crippen molar-refractivity contribution in [3.8, 4) is 0 Å². The maximum atomic E-state index is 12.3. The maximum Gasteiger partial charge on any atom is 0.177 e. The van der Waals surface area contributed by atoms with Crippen molar-refractivity contribution in [1.82, 2.24) is 5.06 Å². The van der Waals surface area contributed by atoms with Crippen molar-refractivity contribution < 1.29 is 9.60 Å². The quantitative estimate of drug-likeness (QED) is 0.439. The second kappa shape index (κ2) is 2.99. The average molecular weight is 121 g/mol. The molecule has 50 valence electrons. The Bertz CT molecular complexity index is 57.4. The van der Waals surface area contributed by atoms with Crippen molar-refractivity contribution >= 4 is 0 Å². The first-order valence-electron chi connectivity index (χ1n) is 2.61. The van der Waals surface area contributed by atoms with Gasteiger partial charge < -0.3 is 5.21 Å². The van der Waals surface area contributed by atoms with E-state index < -0.39 is 6.30 Å². The minimum atomic E-state index is -1.24. The van der Waals surface area contributed by atoms with E-state index in [1.807, 2.05) is 0 Å². The van der Waals surface area contributed by atoms with Gasteiger partial charge in [-0.3, -0.25) is 0 Å². The number of rotatable bonds is 2. The zero-order valence-electron chi connectivity index (χ0n) is 5.43. The highest BCUT2D eigenvalue weighted by molar-refractivity contribution is 4.51. The largest absolute Gasteiger partial charge is 0.311 e. The van der Waals surface area contributed by atoms with E-state index in [9.17, 15) is 4.39 Å². The van der Waals surface area contributed by atoms with Crippen molar-refractivity contribution in [3.05, 3.63) is 0 Å². The smallest absolute Gasteiger partial charge is 0.177 e. The molecule has 0 radical (unpaired) electrons. The summed E-state index contributed by atoms with van der Waals surface area (Å²) >= 11 is 0. The molecule has 0 aromatic heterocycles. The van der Waals surface area contributed by atoms with Crippen LogP contribution in [-0.2, 0) is 0 Å². The Morgan fingerprint density at radius 3 is 1.88 bits per heavy atom. The lowest BCUT2D eigenvalue weighted by molar-refractivity contribution is -0.160. The molecule has 3 heteroatoms. The molecule has 0 fully saturated rings. The van der Waals surface area contributed by atoms with Gasteiger partial charge in [-0.25, -0.2) is 4.39 Å². The van der Waals surface area contributed by atoms with E-state index in [1.165, 1.54) is 7.05 Å². The van der Waals surface area contributed by atoms with Crippen LogP contribution < -0.4 is 0 Å². The minimum Gasteiger partial charge on any atom is -0.311 e. The third-order valence-electron chi connectivity index (χ3n) is 0.907. The second-order valence-electron chi connectivity index (χ2n) is 2.19. The summed E-state index contributed by atoms with van der Waals surface area (Å²) in [5, 5.41) is 9.02. The predicted molar refractivity (Wildman–Crippen MR) is 29.3 cm³/mol. The molecule has 0 bridgehead atoms. The van der Waals surface area contributed by atoms with Gasteiger partial charge in [0.05, 0.1) is 0 Å². The number of hydroxylamine groups is 2. The molecular formula is C5H12FNO. The number of halogens is 1.